The summed E-state index contributed by atoms with van der Waals surface area (Å²) in [5.41, 5.74) is 2.16. The number of hydrogen-bond acceptors (Lipinski definition) is 3. The largest absolute Gasteiger partial charge is 0.387 e. The average molecular weight is 374 g/mol. The average Bonchev–Trinajstić information content (AvgIpc) is 3.08. The van der Waals surface area contributed by atoms with Crippen LogP contribution < -0.4 is 10.6 Å². The van der Waals surface area contributed by atoms with E-state index in [2.05, 4.69) is 15.6 Å². The zero-order valence-corrected chi connectivity index (χ0v) is 14.5. The summed E-state index contributed by atoms with van der Waals surface area (Å²) in [7, 11) is 0. The molecule has 0 spiro atoms. The summed E-state index contributed by atoms with van der Waals surface area (Å²) in [4.78, 5) is 16.1. The van der Waals surface area contributed by atoms with E-state index in [0.29, 0.717) is 19.5 Å². The molecule has 3 aromatic rings. The molecule has 1 heterocycles. The molecule has 0 saturated heterocycles. The third-order valence-electron chi connectivity index (χ3n) is 4.17. The molecule has 2 aromatic carbocycles. The molecular weight excluding hydrogens is 354 g/mol. The fraction of sp³-hybridized carbons (Fsp3) is 0.263. The number of nitrogens with one attached hydrogen (secondary N) is 2. The van der Waals surface area contributed by atoms with Gasteiger partial charge in [-0.15, -0.1) is 0 Å². The van der Waals surface area contributed by atoms with Crippen LogP contribution in [0.5, 0.6) is 0 Å². The first-order valence-electron chi connectivity index (χ1n) is 8.59. The minimum absolute atomic E-state index is 0.108. The van der Waals surface area contributed by atoms with E-state index < -0.39 is 23.8 Å². The fourth-order valence-corrected chi connectivity index (χ4v) is 2.73. The molecule has 3 rings (SSSR count). The number of nitrogens with zero attached hydrogens (tertiary/aromatic N) is 2. The van der Waals surface area contributed by atoms with Crippen molar-refractivity contribution in [2.75, 3.05) is 13.1 Å². The topological polar surface area (TPSA) is 79.2 Å². The number of aryl methyl sites for hydroxylation is 1. The third kappa shape index (κ3) is 4.79. The highest BCUT2D eigenvalue weighted by Gasteiger charge is 2.12. The predicted octanol–water partition coefficient (Wildman–Crippen LogP) is 2.74. The Kier molecular flexibility index (Phi) is 5.97. The van der Waals surface area contributed by atoms with Crippen molar-refractivity contribution in [3.63, 3.8) is 0 Å². The second-order valence-corrected chi connectivity index (χ2v) is 6.11. The zero-order chi connectivity index (χ0) is 19.2. The van der Waals surface area contributed by atoms with Gasteiger partial charge in [-0.2, -0.15) is 0 Å². The van der Waals surface area contributed by atoms with Gasteiger partial charge < -0.3 is 20.3 Å². The van der Waals surface area contributed by atoms with Crippen LogP contribution in [0.15, 0.2) is 48.8 Å². The Bertz CT molecular complexity index is 929. The van der Waals surface area contributed by atoms with Gasteiger partial charge in [0.05, 0.1) is 23.5 Å². The number of aliphatic hydroxyl groups excluding tert-OH is 1. The monoisotopic (exact) mass is 374 g/mol. The highest BCUT2D eigenvalue weighted by Crippen LogP contribution is 2.15. The lowest BCUT2D eigenvalue weighted by Crippen LogP contribution is -2.38. The highest BCUT2D eigenvalue weighted by atomic mass is 19.2. The summed E-state index contributed by atoms with van der Waals surface area (Å²) in [5, 5.41) is 15.1. The maximum atomic E-state index is 13.2. The molecule has 27 heavy (non-hydrogen) atoms. The normalized spacial score (nSPS) is 12.1. The molecule has 2 amide bonds. The number of benzene rings is 2. The zero-order valence-electron chi connectivity index (χ0n) is 14.5. The van der Waals surface area contributed by atoms with E-state index in [4.69, 9.17) is 0 Å². The number of aromatic nitrogens is 2. The van der Waals surface area contributed by atoms with Crippen LogP contribution in [0, 0.1) is 11.6 Å². The standard InChI is InChI=1S/C19H20F2N4O2/c20-14-7-6-13(10-15(14)21)18(26)11-23-19(27)22-8-3-9-25-12-24-16-4-1-2-5-17(16)25/h1-2,4-7,10,12,18,26H,3,8-9,11H2,(H2,22,23,27). The molecule has 0 aliphatic heterocycles. The molecule has 0 fully saturated rings. The van der Waals surface area contributed by atoms with Crippen LogP contribution >= 0.6 is 0 Å². The van der Waals surface area contributed by atoms with Crippen molar-refractivity contribution in [1.82, 2.24) is 20.2 Å². The van der Waals surface area contributed by atoms with Crippen molar-refractivity contribution in [3.05, 3.63) is 66.0 Å². The number of carbonyl (C=O) groups excluding carboxylic acids is 1. The number of aliphatic hydroxyl groups is 1. The van der Waals surface area contributed by atoms with E-state index in [0.717, 1.165) is 23.2 Å². The Morgan fingerprint density at radius 2 is 1.96 bits per heavy atom. The first-order valence-corrected chi connectivity index (χ1v) is 8.59. The summed E-state index contributed by atoms with van der Waals surface area (Å²) in [5.74, 6) is -2.02. The summed E-state index contributed by atoms with van der Waals surface area (Å²) in [6.45, 7) is 1.04. The molecule has 0 aliphatic rings. The smallest absolute Gasteiger partial charge is 0.314 e. The Hall–Kier alpha value is -3.00. The molecule has 0 bridgehead atoms. The summed E-state index contributed by atoms with van der Waals surface area (Å²) in [6.07, 6.45) is 1.35. The van der Waals surface area contributed by atoms with E-state index in [1.165, 1.54) is 6.07 Å². The van der Waals surface area contributed by atoms with Crippen molar-refractivity contribution in [3.8, 4) is 0 Å². The van der Waals surface area contributed by atoms with E-state index in [-0.39, 0.29) is 12.1 Å². The van der Waals surface area contributed by atoms with Crippen molar-refractivity contribution in [1.29, 1.82) is 0 Å². The summed E-state index contributed by atoms with van der Waals surface area (Å²) in [6, 6.07) is 10.5. The van der Waals surface area contributed by atoms with Crippen LogP contribution in [-0.4, -0.2) is 33.8 Å². The molecule has 0 aliphatic carbocycles. The molecule has 1 aromatic heterocycles. The van der Waals surface area contributed by atoms with Gasteiger partial charge in [0.25, 0.3) is 0 Å². The number of halogens is 2. The van der Waals surface area contributed by atoms with Crippen molar-refractivity contribution >= 4 is 17.1 Å². The number of para-hydroxylation sites is 2. The summed E-state index contributed by atoms with van der Waals surface area (Å²) >= 11 is 0. The number of urea groups is 1. The molecule has 8 heteroatoms. The van der Waals surface area contributed by atoms with Gasteiger partial charge in [0.2, 0.25) is 0 Å². The molecular formula is C19H20F2N4O2. The minimum atomic E-state index is -1.12. The minimum Gasteiger partial charge on any atom is -0.387 e. The Morgan fingerprint density at radius 1 is 1.15 bits per heavy atom. The van der Waals surface area contributed by atoms with Gasteiger partial charge >= 0.3 is 6.03 Å². The SMILES string of the molecule is O=C(NCCCn1cnc2ccccc21)NCC(O)c1ccc(F)c(F)c1. The van der Waals surface area contributed by atoms with Crippen LogP contribution in [0.4, 0.5) is 13.6 Å². The molecule has 0 radical (unpaired) electrons. The van der Waals surface area contributed by atoms with Crippen LogP contribution in [0.2, 0.25) is 0 Å². The van der Waals surface area contributed by atoms with Crippen molar-refractivity contribution < 1.29 is 18.7 Å². The van der Waals surface area contributed by atoms with Crippen LogP contribution in [0.1, 0.15) is 18.1 Å². The van der Waals surface area contributed by atoms with Gasteiger partial charge in [-0.25, -0.2) is 18.6 Å². The number of hydrogen-bond donors (Lipinski definition) is 3. The molecule has 3 N–H and O–H groups in total. The van der Waals surface area contributed by atoms with E-state index in [9.17, 15) is 18.7 Å². The van der Waals surface area contributed by atoms with Gasteiger partial charge in [0.1, 0.15) is 0 Å². The second kappa shape index (κ2) is 8.59. The predicted molar refractivity (Wildman–Crippen MR) is 97.1 cm³/mol. The number of amides is 2. The van der Waals surface area contributed by atoms with Gasteiger partial charge in [0, 0.05) is 19.6 Å². The molecule has 0 saturated carbocycles. The van der Waals surface area contributed by atoms with Gasteiger partial charge in [-0.05, 0) is 36.2 Å². The third-order valence-corrected chi connectivity index (χ3v) is 4.17. The number of fused-ring (bicyclic) bond motifs is 1. The number of rotatable bonds is 7. The van der Waals surface area contributed by atoms with E-state index in [1.54, 1.807) is 6.33 Å². The Labute approximate surface area is 154 Å². The lowest BCUT2D eigenvalue weighted by atomic mass is 10.1. The lowest BCUT2D eigenvalue weighted by molar-refractivity contribution is 0.172. The van der Waals surface area contributed by atoms with Crippen LogP contribution in [0.25, 0.3) is 11.0 Å². The summed E-state index contributed by atoms with van der Waals surface area (Å²) < 4.78 is 28.1. The number of carbonyl (C=O) groups is 1. The lowest BCUT2D eigenvalue weighted by Gasteiger charge is -2.13. The van der Waals surface area contributed by atoms with Gasteiger partial charge in [0.15, 0.2) is 11.6 Å². The Balaban J connectivity index is 1.39. The molecule has 6 nitrogen and oxygen atoms in total. The fourth-order valence-electron chi connectivity index (χ4n) is 2.73. The Morgan fingerprint density at radius 3 is 2.78 bits per heavy atom. The highest BCUT2D eigenvalue weighted by molar-refractivity contribution is 5.75. The van der Waals surface area contributed by atoms with Crippen LogP contribution in [-0.2, 0) is 6.54 Å². The van der Waals surface area contributed by atoms with Crippen molar-refractivity contribution in [2.24, 2.45) is 0 Å². The molecule has 142 valence electrons. The molecule has 1 unspecified atom stereocenters. The van der Waals surface area contributed by atoms with E-state index in [1.807, 2.05) is 28.8 Å². The number of imidazole rings is 1. The maximum absolute atomic E-state index is 13.2. The maximum Gasteiger partial charge on any atom is 0.314 e. The molecule has 1 atom stereocenters. The van der Waals surface area contributed by atoms with Gasteiger partial charge in [-0.1, -0.05) is 18.2 Å². The van der Waals surface area contributed by atoms with E-state index >= 15 is 0 Å². The van der Waals surface area contributed by atoms with Crippen molar-refractivity contribution in [2.45, 2.75) is 19.1 Å². The second-order valence-electron chi connectivity index (χ2n) is 6.11. The first-order chi connectivity index (χ1) is 13.0. The van der Waals surface area contributed by atoms with Crippen LogP contribution in [0.3, 0.4) is 0 Å². The first kappa shape index (κ1) is 18.8. The quantitative estimate of drug-likeness (QED) is 0.557. The van der Waals surface area contributed by atoms with Gasteiger partial charge in [-0.3, -0.25) is 0 Å².